The Morgan fingerprint density at radius 3 is 2.22 bits per heavy atom. The third-order valence-corrected chi connectivity index (χ3v) is 3.38. The molecule has 2 N–H and O–H groups in total. The summed E-state index contributed by atoms with van der Waals surface area (Å²) in [5.74, 6) is 0. The summed E-state index contributed by atoms with van der Waals surface area (Å²) < 4.78 is 0. The first-order valence-electron chi connectivity index (χ1n) is 6.66. The number of hydrogen-bond acceptors (Lipinski definition) is 1. The van der Waals surface area contributed by atoms with Crippen molar-refractivity contribution < 1.29 is 0 Å². The van der Waals surface area contributed by atoms with Crippen LogP contribution in [0.2, 0.25) is 0 Å². The first-order valence-corrected chi connectivity index (χ1v) is 6.66. The van der Waals surface area contributed by atoms with Gasteiger partial charge in [-0.15, -0.1) is 0 Å². The van der Waals surface area contributed by atoms with Crippen LogP contribution < -0.4 is 5.73 Å². The van der Waals surface area contributed by atoms with Gasteiger partial charge in [-0.05, 0) is 54.2 Å². The SMILES string of the molecule is CCCCc1ccc(-c2ccc(N)c(C)c2)cc1. The van der Waals surface area contributed by atoms with Crippen LogP contribution in [0.25, 0.3) is 11.1 Å². The largest absolute Gasteiger partial charge is 0.399 e. The average Bonchev–Trinajstić information content (AvgIpc) is 2.40. The van der Waals surface area contributed by atoms with Crippen LogP contribution >= 0.6 is 0 Å². The van der Waals surface area contributed by atoms with E-state index in [1.807, 2.05) is 6.07 Å². The zero-order valence-electron chi connectivity index (χ0n) is 11.2. The highest BCUT2D eigenvalue weighted by Crippen LogP contribution is 2.24. The van der Waals surface area contributed by atoms with E-state index in [4.69, 9.17) is 5.73 Å². The highest BCUT2D eigenvalue weighted by atomic mass is 14.5. The molecular weight excluding hydrogens is 218 g/mol. The van der Waals surface area contributed by atoms with E-state index in [0.29, 0.717) is 0 Å². The zero-order chi connectivity index (χ0) is 13.0. The molecule has 0 saturated heterocycles. The van der Waals surface area contributed by atoms with E-state index in [9.17, 15) is 0 Å². The molecule has 0 bridgehead atoms. The second kappa shape index (κ2) is 5.72. The normalized spacial score (nSPS) is 10.6. The molecule has 0 unspecified atom stereocenters. The van der Waals surface area contributed by atoms with Gasteiger partial charge in [-0.3, -0.25) is 0 Å². The van der Waals surface area contributed by atoms with Crippen LogP contribution in [-0.4, -0.2) is 0 Å². The Balaban J connectivity index is 2.20. The molecule has 0 aliphatic carbocycles. The molecule has 2 aromatic rings. The maximum atomic E-state index is 5.85. The van der Waals surface area contributed by atoms with E-state index in [0.717, 1.165) is 11.3 Å². The van der Waals surface area contributed by atoms with E-state index >= 15 is 0 Å². The maximum absolute atomic E-state index is 5.85. The molecule has 2 aromatic carbocycles. The highest BCUT2D eigenvalue weighted by molar-refractivity contribution is 5.67. The minimum Gasteiger partial charge on any atom is -0.399 e. The molecule has 0 heterocycles. The predicted octanol–water partition coefficient (Wildman–Crippen LogP) is 4.59. The average molecular weight is 239 g/mol. The van der Waals surface area contributed by atoms with Crippen LogP contribution in [0.5, 0.6) is 0 Å². The van der Waals surface area contributed by atoms with Gasteiger partial charge in [-0.1, -0.05) is 43.7 Å². The molecule has 0 fully saturated rings. The molecule has 1 heteroatoms. The lowest BCUT2D eigenvalue weighted by molar-refractivity contribution is 0.795. The maximum Gasteiger partial charge on any atom is 0.0344 e. The molecule has 18 heavy (non-hydrogen) atoms. The number of anilines is 1. The summed E-state index contributed by atoms with van der Waals surface area (Å²) in [5, 5.41) is 0. The summed E-state index contributed by atoms with van der Waals surface area (Å²) in [4.78, 5) is 0. The Hall–Kier alpha value is -1.76. The fraction of sp³-hybridized carbons (Fsp3) is 0.294. The molecule has 0 atom stereocenters. The van der Waals surface area contributed by atoms with Crippen molar-refractivity contribution in [1.82, 2.24) is 0 Å². The van der Waals surface area contributed by atoms with Gasteiger partial charge in [0.15, 0.2) is 0 Å². The van der Waals surface area contributed by atoms with Gasteiger partial charge in [0.1, 0.15) is 0 Å². The second-order valence-electron chi connectivity index (χ2n) is 4.87. The van der Waals surface area contributed by atoms with Gasteiger partial charge in [0.25, 0.3) is 0 Å². The Kier molecular flexibility index (Phi) is 4.03. The van der Waals surface area contributed by atoms with E-state index in [2.05, 4.69) is 50.2 Å². The van der Waals surface area contributed by atoms with Crippen LogP contribution in [0, 0.1) is 6.92 Å². The summed E-state index contributed by atoms with van der Waals surface area (Å²) in [7, 11) is 0. The first kappa shape index (κ1) is 12.7. The van der Waals surface area contributed by atoms with Crippen molar-refractivity contribution in [3.05, 3.63) is 53.6 Å². The minimum absolute atomic E-state index is 0.860. The smallest absolute Gasteiger partial charge is 0.0344 e. The van der Waals surface area contributed by atoms with Gasteiger partial charge in [-0.25, -0.2) is 0 Å². The van der Waals surface area contributed by atoms with Crippen molar-refractivity contribution in [1.29, 1.82) is 0 Å². The lowest BCUT2D eigenvalue weighted by atomic mass is 10.00. The van der Waals surface area contributed by atoms with Gasteiger partial charge in [0.05, 0.1) is 0 Å². The molecule has 0 aliphatic heterocycles. The van der Waals surface area contributed by atoms with Crippen LogP contribution in [0.15, 0.2) is 42.5 Å². The van der Waals surface area contributed by atoms with Crippen molar-refractivity contribution in [2.45, 2.75) is 33.1 Å². The molecule has 0 aliphatic rings. The Bertz CT molecular complexity index is 512. The van der Waals surface area contributed by atoms with E-state index in [-0.39, 0.29) is 0 Å². The number of hydrogen-bond donors (Lipinski definition) is 1. The number of rotatable bonds is 4. The number of nitrogens with two attached hydrogens (primary N) is 1. The van der Waals surface area contributed by atoms with Crippen molar-refractivity contribution >= 4 is 5.69 Å². The summed E-state index contributed by atoms with van der Waals surface area (Å²) >= 11 is 0. The fourth-order valence-corrected chi connectivity index (χ4v) is 2.10. The first-order chi connectivity index (χ1) is 8.70. The number of unbranched alkanes of at least 4 members (excludes halogenated alkanes) is 1. The summed E-state index contributed by atoms with van der Waals surface area (Å²) in [6, 6.07) is 15.1. The minimum atomic E-state index is 0.860. The van der Waals surface area contributed by atoms with Gasteiger partial charge < -0.3 is 5.73 Å². The standard InChI is InChI=1S/C17H21N/c1-3-4-5-14-6-8-15(9-7-14)16-10-11-17(18)13(2)12-16/h6-12H,3-5,18H2,1-2H3. The molecule has 0 aromatic heterocycles. The highest BCUT2D eigenvalue weighted by Gasteiger charge is 2.00. The Morgan fingerprint density at radius 1 is 0.944 bits per heavy atom. The fourth-order valence-electron chi connectivity index (χ4n) is 2.10. The molecule has 94 valence electrons. The van der Waals surface area contributed by atoms with Crippen LogP contribution in [0.1, 0.15) is 30.9 Å². The van der Waals surface area contributed by atoms with Gasteiger partial charge in [-0.2, -0.15) is 0 Å². The summed E-state index contributed by atoms with van der Waals surface area (Å²) in [5.41, 5.74) is 11.8. The molecule has 0 saturated carbocycles. The Labute approximate surface area is 110 Å². The quantitative estimate of drug-likeness (QED) is 0.776. The molecule has 0 spiro atoms. The van der Waals surface area contributed by atoms with Crippen molar-refractivity contribution in [3.8, 4) is 11.1 Å². The number of benzene rings is 2. The second-order valence-corrected chi connectivity index (χ2v) is 4.87. The van der Waals surface area contributed by atoms with Crippen LogP contribution in [0.3, 0.4) is 0 Å². The van der Waals surface area contributed by atoms with Crippen molar-refractivity contribution in [2.24, 2.45) is 0 Å². The third kappa shape index (κ3) is 2.92. The van der Waals surface area contributed by atoms with Crippen LogP contribution in [-0.2, 0) is 6.42 Å². The van der Waals surface area contributed by atoms with Crippen molar-refractivity contribution in [3.63, 3.8) is 0 Å². The zero-order valence-corrected chi connectivity index (χ0v) is 11.2. The van der Waals surface area contributed by atoms with Crippen molar-refractivity contribution in [2.75, 3.05) is 5.73 Å². The topological polar surface area (TPSA) is 26.0 Å². The summed E-state index contributed by atoms with van der Waals surface area (Å²) in [6.07, 6.45) is 3.69. The molecule has 2 rings (SSSR count). The number of nitrogen functional groups attached to an aromatic ring is 1. The van der Waals surface area contributed by atoms with Gasteiger partial charge in [0.2, 0.25) is 0 Å². The number of aryl methyl sites for hydroxylation is 2. The molecular formula is C17H21N. The Morgan fingerprint density at radius 2 is 1.61 bits per heavy atom. The molecule has 1 nitrogen and oxygen atoms in total. The lowest BCUT2D eigenvalue weighted by Gasteiger charge is -2.07. The lowest BCUT2D eigenvalue weighted by Crippen LogP contribution is -1.90. The summed E-state index contributed by atoms with van der Waals surface area (Å²) in [6.45, 7) is 4.28. The molecule has 0 radical (unpaired) electrons. The van der Waals surface area contributed by atoms with Gasteiger partial charge >= 0.3 is 0 Å². The third-order valence-electron chi connectivity index (χ3n) is 3.38. The van der Waals surface area contributed by atoms with E-state index in [1.54, 1.807) is 0 Å². The van der Waals surface area contributed by atoms with E-state index < -0.39 is 0 Å². The van der Waals surface area contributed by atoms with Crippen LogP contribution in [0.4, 0.5) is 5.69 Å². The predicted molar refractivity (Wildman–Crippen MR) is 79.6 cm³/mol. The van der Waals surface area contributed by atoms with E-state index in [1.165, 1.54) is 36.0 Å². The monoisotopic (exact) mass is 239 g/mol. The molecule has 0 amide bonds. The van der Waals surface area contributed by atoms with Gasteiger partial charge in [0, 0.05) is 5.69 Å².